The number of hydrazine groups is 1. The predicted octanol–water partition coefficient (Wildman–Crippen LogP) is 3.61. The van der Waals surface area contributed by atoms with Gasteiger partial charge in [0.15, 0.2) is 0 Å². The number of rotatable bonds is 19. The molecule has 0 aromatic heterocycles. The highest BCUT2D eigenvalue weighted by Crippen LogP contribution is 2.17. The van der Waals surface area contributed by atoms with Crippen molar-refractivity contribution in [1.82, 2.24) is 26.4 Å². The van der Waals surface area contributed by atoms with Crippen LogP contribution < -0.4 is 26.3 Å². The van der Waals surface area contributed by atoms with E-state index in [0.29, 0.717) is 6.42 Å². The number of nitrogens with zero attached hydrogens (tertiary/aromatic N) is 2. The third kappa shape index (κ3) is 13.2. The number of anilines is 1. The zero-order valence-corrected chi connectivity index (χ0v) is 30.2. The first kappa shape index (κ1) is 40.8. The average Bonchev–Trinajstić information content (AvgIpc) is 3.09. The van der Waals surface area contributed by atoms with Crippen LogP contribution in [-0.4, -0.2) is 92.2 Å². The summed E-state index contributed by atoms with van der Waals surface area (Å²) in [5, 5.41) is 21.5. The molecule has 49 heavy (non-hydrogen) atoms. The molecule has 0 bridgehead atoms. The van der Waals surface area contributed by atoms with Crippen molar-refractivity contribution in [2.75, 3.05) is 38.8 Å². The molecule has 2 rings (SSSR count). The fraction of sp³-hybridized carbons (Fsp3) is 0.556. The number of carbonyl (C=O) groups is 4. The Morgan fingerprint density at radius 3 is 1.84 bits per heavy atom. The summed E-state index contributed by atoms with van der Waals surface area (Å²) in [6.07, 6.45) is -1.77. The number of nitrogens with one attached hydrogen (secondary N) is 4. The third-order valence-corrected chi connectivity index (χ3v) is 8.57. The third-order valence-electron chi connectivity index (χ3n) is 8.57. The lowest BCUT2D eigenvalue weighted by Crippen LogP contribution is -2.59. The molecule has 13 heteroatoms. The minimum absolute atomic E-state index is 0.0806. The number of benzene rings is 2. The molecular weight excluding hydrogens is 628 g/mol. The van der Waals surface area contributed by atoms with Crippen LogP contribution in [0.2, 0.25) is 0 Å². The Bertz CT molecular complexity index is 1310. The van der Waals surface area contributed by atoms with Gasteiger partial charge < -0.3 is 35.4 Å². The maximum absolute atomic E-state index is 13.7. The van der Waals surface area contributed by atoms with E-state index in [4.69, 9.17) is 9.47 Å². The summed E-state index contributed by atoms with van der Waals surface area (Å²) in [4.78, 5) is 53.6. The van der Waals surface area contributed by atoms with Gasteiger partial charge in [-0.25, -0.2) is 14.6 Å². The molecule has 0 aliphatic rings. The van der Waals surface area contributed by atoms with Crippen molar-refractivity contribution in [3.8, 4) is 0 Å². The smallest absolute Gasteiger partial charge is 0.407 e. The highest BCUT2D eigenvalue weighted by atomic mass is 16.5. The molecule has 5 atom stereocenters. The van der Waals surface area contributed by atoms with Crippen molar-refractivity contribution in [1.29, 1.82) is 0 Å². The standard InChI is InChI=1S/C36H56N6O7/c1-9-25(6)32(39-36(47)49-8)33(44)37-29(21-26-15-13-12-14-16-26)30(43)23-42(40-34(45)31(24(4)5)38-35(46)48-7)22-27-17-19-28(20-18-27)41(10-2)11-3/h12-20,24-25,29-32,43H,9-11,21-23H2,1-8H3,(H,37,44)(H,38,46)(H,39,47)(H,40,45)/t25-,29-,30-,31-,32-/m0/s1. The Morgan fingerprint density at radius 2 is 1.33 bits per heavy atom. The van der Waals surface area contributed by atoms with Crippen LogP contribution in [0.3, 0.4) is 0 Å². The molecule has 5 N–H and O–H groups in total. The van der Waals surface area contributed by atoms with E-state index in [-0.39, 0.29) is 31.3 Å². The Kier molecular flexibility index (Phi) is 17.4. The normalized spacial score (nSPS) is 14.2. The zero-order valence-electron chi connectivity index (χ0n) is 30.2. The van der Waals surface area contributed by atoms with Crippen LogP contribution in [0.25, 0.3) is 0 Å². The SMILES string of the molecule is CC[C@H](C)[C@H](NC(=O)OC)C(=O)N[C@@H](Cc1ccccc1)[C@@H](O)CN(Cc1ccc(N(CC)CC)cc1)NC(=O)[C@@H](NC(=O)OC)C(C)C. The first-order valence-electron chi connectivity index (χ1n) is 17.0. The first-order valence-corrected chi connectivity index (χ1v) is 17.0. The van der Waals surface area contributed by atoms with Crippen LogP contribution in [0.4, 0.5) is 15.3 Å². The molecule has 0 fully saturated rings. The van der Waals surface area contributed by atoms with E-state index >= 15 is 0 Å². The minimum atomic E-state index is -1.18. The molecular formula is C36H56N6O7. The highest BCUT2D eigenvalue weighted by molar-refractivity contribution is 5.86. The number of hydrogen-bond donors (Lipinski definition) is 5. The van der Waals surface area contributed by atoms with Gasteiger partial charge in [0.25, 0.3) is 5.91 Å². The van der Waals surface area contributed by atoms with Gasteiger partial charge in [-0.3, -0.25) is 15.0 Å². The number of alkyl carbamates (subject to hydrolysis) is 2. The summed E-state index contributed by atoms with van der Waals surface area (Å²) in [5.41, 5.74) is 5.70. The minimum Gasteiger partial charge on any atom is -0.453 e. The molecule has 0 aliphatic heterocycles. The topological polar surface area (TPSA) is 162 Å². The van der Waals surface area contributed by atoms with Gasteiger partial charge in [0.1, 0.15) is 12.1 Å². The number of amides is 4. The van der Waals surface area contributed by atoms with E-state index < -0.39 is 48.2 Å². The monoisotopic (exact) mass is 684 g/mol. The van der Waals surface area contributed by atoms with E-state index in [1.807, 2.05) is 68.4 Å². The molecule has 0 saturated carbocycles. The van der Waals surface area contributed by atoms with E-state index in [9.17, 15) is 24.3 Å². The Morgan fingerprint density at radius 1 is 0.755 bits per heavy atom. The van der Waals surface area contributed by atoms with E-state index in [0.717, 1.165) is 29.9 Å². The summed E-state index contributed by atoms with van der Waals surface area (Å²) in [5.74, 6) is -1.46. The molecule has 0 heterocycles. The van der Waals surface area contributed by atoms with Crippen LogP contribution in [0.15, 0.2) is 54.6 Å². The Labute approximate surface area is 291 Å². The molecule has 2 aromatic rings. The summed E-state index contributed by atoms with van der Waals surface area (Å²) in [7, 11) is 2.45. The van der Waals surface area contributed by atoms with Crippen LogP contribution in [-0.2, 0) is 32.0 Å². The van der Waals surface area contributed by atoms with Gasteiger partial charge in [-0.15, -0.1) is 0 Å². The zero-order chi connectivity index (χ0) is 36.5. The lowest BCUT2D eigenvalue weighted by Gasteiger charge is -2.33. The Hall–Kier alpha value is -4.36. The fourth-order valence-electron chi connectivity index (χ4n) is 5.38. The summed E-state index contributed by atoms with van der Waals surface area (Å²) >= 11 is 0. The van der Waals surface area contributed by atoms with Crippen molar-refractivity contribution in [2.45, 2.75) is 85.2 Å². The van der Waals surface area contributed by atoms with Crippen molar-refractivity contribution >= 4 is 29.7 Å². The van der Waals surface area contributed by atoms with Crippen LogP contribution in [0.1, 0.15) is 59.1 Å². The molecule has 0 radical (unpaired) electrons. The predicted molar refractivity (Wildman–Crippen MR) is 190 cm³/mol. The lowest BCUT2D eigenvalue weighted by molar-refractivity contribution is -0.131. The van der Waals surface area contributed by atoms with Gasteiger partial charge in [0.2, 0.25) is 5.91 Å². The lowest BCUT2D eigenvalue weighted by atomic mass is 9.96. The number of hydrogen-bond acceptors (Lipinski definition) is 9. The second-order valence-corrected chi connectivity index (χ2v) is 12.4. The van der Waals surface area contributed by atoms with Gasteiger partial charge in [0.05, 0.1) is 26.4 Å². The quantitative estimate of drug-likeness (QED) is 0.139. The summed E-state index contributed by atoms with van der Waals surface area (Å²) < 4.78 is 9.49. The average molecular weight is 685 g/mol. The van der Waals surface area contributed by atoms with Crippen LogP contribution in [0.5, 0.6) is 0 Å². The number of carbonyl (C=O) groups excluding carboxylic acids is 4. The molecule has 0 spiro atoms. The second kappa shape index (κ2) is 20.9. The fourth-order valence-corrected chi connectivity index (χ4v) is 5.38. The van der Waals surface area contributed by atoms with Crippen molar-refractivity contribution in [2.24, 2.45) is 11.8 Å². The van der Waals surface area contributed by atoms with Gasteiger partial charge in [0, 0.05) is 31.9 Å². The van der Waals surface area contributed by atoms with Gasteiger partial charge in [-0.2, -0.15) is 0 Å². The number of methoxy groups -OCH3 is 2. The molecule has 272 valence electrons. The molecule has 13 nitrogen and oxygen atoms in total. The largest absolute Gasteiger partial charge is 0.453 e. The number of ether oxygens (including phenoxy) is 2. The van der Waals surface area contributed by atoms with Crippen LogP contribution in [0, 0.1) is 11.8 Å². The van der Waals surface area contributed by atoms with Crippen molar-refractivity contribution < 1.29 is 33.8 Å². The second-order valence-electron chi connectivity index (χ2n) is 12.4. The van der Waals surface area contributed by atoms with Gasteiger partial charge >= 0.3 is 12.2 Å². The van der Waals surface area contributed by atoms with Gasteiger partial charge in [-0.1, -0.05) is 76.6 Å². The Balaban J connectivity index is 2.44. The van der Waals surface area contributed by atoms with Crippen molar-refractivity contribution in [3.05, 3.63) is 65.7 Å². The van der Waals surface area contributed by atoms with Crippen molar-refractivity contribution in [3.63, 3.8) is 0 Å². The van der Waals surface area contributed by atoms with Gasteiger partial charge in [-0.05, 0) is 55.4 Å². The number of aliphatic hydroxyl groups excluding tert-OH is 1. The maximum atomic E-state index is 13.7. The molecule has 4 amide bonds. The molecule has 0 saturated heterocycles. The summed E-state index contributed by atoms with van der Waals surface area (Å²) in [6, 6.07) is 14.7. The number of aliphatic hydroxyl groups is 1. The van der Waals surface area contributed by atoms with E-state index in [1.165, 1.54) is 14.2 Å². The molecule has 0 aliphatic carbocycles. The summed E-state index contributed by atoms with van der Waals surface area (Å²) in [6.45, 7) is 13.4. The van der Waals surface area contributed by atoms with Crippen LogP contribution >= 0.6 is 0 Å². The molecule has 0 unspecified atom stereocenters. The van der Waals surface area contributed by atoms with E-state index in [2.05, 4.69) is 40.1 Å². The highest BCUT2D eigenvalue weighted by Gasteiger charge is 2.32. The van der Waals surface area contributed by atoms with E-state index in [1.54, 1.807) is 18.9 Å². The molecule has 2 aromatic carbocycles. The first-order chi connectivity index (χ1) is 23.4. The maximum Gasteiger partial charge on any atom is 0.407 e.